The SMILES string of the molecule is ONCc1ccc(CN2CCCCC2)cc1. The molecule has 1 saturated heterocycles. The Morgan fingerprint density at radius 3 is 2.25 bits per heavy atom. The first-order valence-electron chi connectivity index (χ1n) is 6.05. The number of hydroxylamine groups is 1. The minimum absolute atomic E-state index is 0.518. The predicted molar refractivity (Wildman–Crippen MR) is 64.2 cm³/mol. The molecule has 0 unspecified atom stereocenters. The van der Waals surface area contributed by atoms with E-state index in [1.54, 1.807) is 0 Å². The van der Waals surface area contributed by atoms with Gasteiger partial charge in [0.25, 0.3) is 0 Å². The summed E-state index contributed by atoms with van der Waals surface area (Å²) in [5.74, 6) is 0. The van der Waals surface area contributed by atoms with Gasteiger partial charge in [-0.25, -0.2) is 5.48 Å². The molecular formula is C13H20N2O. The molecule has 2 N–H and O–H groups in total. The molecule has 1 heterocycles. The topological polar surface area (TPSA) is 35.5 Å². The fourth-order valence-electron chi connectivity index (χ4n) is 2.23. The third-order valence-electron chi connectivity index (χ3n) is 3.16. The zero-order chi connectivity index (χ0) is 11.2. The number of hydrogen-bond acceptors (Lipinski definition) is 3. The number of benzene rings is 1. The highest BCUT2D eigenvalue weighted by atomic mass is 16.5. The fraction of sp³-hybridized carbons (Fsp3) is 0.538. The van der Waals surface area contributed by atoms with Crippen LogP contribution in [0.25, 0.3) is 0 Å². The highest BCUT2D eigenvalue weighted by Gasteiger charge is 2.09. The van der Waals surface area contributed by atoms with Crippen LogP contribution in [0, 0.1) is 0 Å². The zero-order valence-electron chi connectivity index (χ0n) is 9.65. The Morgan fingerprint density at radius 2 is 1.62 bits per heavy atom. The number of nitrogens with one attached hydrogen (secondary N) is 1. The molecule has 0 spiro atoms. The molecule has 3 heteroatoms. The van der Waals surface area contributed by atoms with Crippen molar-refractivity contribution >= 4 is 0 Å². The van der Waals surface area contributed by atoms with Crippen molar-refractivity contribution in [1.82, 2.24) is 10.4 Å². The van der Waals surface area contributed by atoms with E-state index in [0.717, 1.165) is 12.1 Å². The van der Waals surface area contributed by atoms with Crippen LogP contribution in [0.1, 0.15) is 30.4 Å². The van der Waals surface area contributed by atoms with Gasteiger partial charge in [-0.05, 0) is 37.1 Å². The minimum Gasteiger partial charge on any atom is -0.316 e. The molecule has 88 valence electrons. The normalized spacial score (nSPS) is 17.6. The Morgan fingerprint density at radius 1 is 1.00 bits per heavy atom. The van der Waals surface area contributed by atoms with Crippen molar-refractivity contribution in [1.29, 1.82) is 0 Å². The Bertz CT molecular complexity index is 304. The van der Waals surface area contributed by atoms with E-state index in [0.29, 0.717) is 6.54 Å². The van der Waals surface area contributed by atoms with Gasteiger partial charge in [-0.15, -0.1) is 0 Å². The van der Waals surface area contributed by atoms with Crippen LogP contribution < -0.4 is 5.48 Å². The average Bonchev–Trinajstić information content (AvgIpc) is 2.33. The van der Waals surface area contributed by atoms with E-state index in [-0.39, 0.29) is 0 Å². The van der Waals surface area contributed by atoms with Crippen molar-refractivity contribution in [2.75, 3.05) is 13.1 Å². The Balaban J connectivity index is 1.88. The van der Waals surface area contributed by atoms with Gasteiger partial charge in [-0.2, -0.15) is 0 Å². The van der Waals surface area contributed by atoms with E-state index in [1.807, 2.05) is 0 Å². The quantitative estimate of drug-likeness (QED) is 0.763. The second kappa shape index (κ2) is 5.99. The number of piperidine rings is 1. The third-order valence-corrected chi connectivity index (χ3v) is 3.16. The smallest absolute Gasteiger partial charge is 0.0458 e. The molecule has 2 rings (SSSR count). The van der Waals surface area contributed by atoms with Crippen molar-refractivity contribution in [3.8, 4) is 0 Å². The van der Waals surface area contributed by atoms with Crippen molar-refractivity contribution < 1.29 is 5.21 Å². The van der Waals surface area contributed by atoms with Gasteiger partial charge in [0, 0.05) is 13.1 Å². The Kier molecular flexibility index (Phi) is 4.34. The van der Waals surface area contributed by atoms with Crippen LogP contribution in [0.4, 0.5) is 0 Å². The van der Waals surface area contributed by atoms with Crippen LogP contribution in [0.5, 0.6) is 0 Å². The molecule has 0 atom stereocenters. The predicted octanol–water partition coefficient (Wildman–Crippen LogP) is 2.15. The first-order chi connectivity index (χ1) is 7.88. The summed E-state index contributed by atoms with van der Waals surface area (Å²) in [5.41, 5.74) is 4.65. The Labute approximate surface area is 97.0 Å². The summed E-state index contributed by atoms with van der Waals surface area (Å²) in [4.78, 5) is 2.52. The average molecular weight is 220 g/mol. The monoisotopic (exact) mass is 220 g/mol. The van der Waals surface area contributed by atoms with E-state index in [4.69, 9.17) is 5.21 Å². The van der Waals surface area contributed by atoms with Gasteiger partial charge < -0.3 is 5.21 Å². The lowest BCUT2D eigenvalue weighted by atomic mass is 10.1. The summed E-state index contributed by atoms with van der Waals surface area (Å²) in [6.45, 7) is 4.05. The molecule has 1 fully saturated rings. The number of hydrogen-bond donors (Lipinski definition) is 2. The van der Waals surface area contributed by atoms with E-state index < -0.39 is 0 Å². The highest BCUT2D eigenvalue weighted by molar-refractivity contribution is 5.22. The van der Waals surface area contributed by atoms with Crippen molar-refractivity contribution in [2.45, 2.75) is 32.4 Å². The molecule has 1 aliphatic rings. The van der Waals surface area contributed by atoms with E-state index >= 15 is 0 Å². The maximum absolute atomic E-state index is 8.59. The maximum Gasteiger partial charge on any atom is 0.0458 e. The lowest BCUT2D eigenvalue weighted by Crippen LogP contribution is -2.29. The van der Waals surface area contributed by atoms with Gasteiger partial charge in [-0.3, -0.25) is 4.90 Å². The highest BCUT2D eigenvalue weighted by Crippen LogP contribution is 2.13. The lowest BCUT2D eigenvalue weighted by molar-refractivity contribution is 0.161. The molecule has 0 bridgehead atoms. The first-order valence-corrected chi connectivity index (χ1v) is 6.05. The molecule has 0 aromatic heterocycles. The van der Waals surface area contributed by atoms with Gasteiger partial charge in [0.1, 0.15) is 0 Å². The molecule has 1 aromatic carbocycles. The zero-order valence-corrected chi connectivity index (χ0v) is 9.65. The minimum atomic E-state index is 0.518. The summed E-state index contributed by atoms with van der Waals surface area (Å²) in [6.07, 6.45) is 4.07. The molecule has 0 aliphatic carbocycles. The molecule has 3 nitrogen and oxygen atoms in total. The largest absolute Gasteiger partial charge is 0.316 e. The molecule has 0 radical (unpaired) electrons. The van der Waals surface area contributed by atoms with Crippen LogP contribution >= 0.6 is 0 Å². The maximum atomic E-state index is 8.59. The molecular weight excluding hydrogens is 200 g/mol. The van der Waals surface area contributed by atoms with Crippen molar-refractivity contribution in [3.05, 3.63) is 35.4 Å². The molecule has 16 heavy (non-hydrogen) atoms. The van der Waals surface area contributed by atoms with Crippen LogP contribution in [0.2, 0.25) is 0 Å². The van der Waals surface area contributed by atoms with Crippen LogP contribution in [-0.4, -0.2) is 23.2 Å². The van der Waals surface area contributed by atoms with Gasteiger partial charge in [0.15, 0.2) is 0 Å². The summed E-state index contributed by atoms with van der Waals surface area (Å²) in [6, 6.07) is 8.45. The van der Waals surface area contributed by atoms with Crippen LogP contribution in [-0.2, 0) is 13.1 Å². The van der Waals surface area contributed by atoms with Crippen molar-refractivity contribution in [2.24, 2.45) is 0 Å². The van der Waals surface area contributed by atoms with Crippen LogP contribution in [0.3, 0.4) is 0 Å². The van der Waals surface area contributed by atoms with Crippen molar-refractivity contribution in [3.63, 3.8) is 0 Å². The van der Waals surface area contributed by atoms with Crippen LogP contribution in [0.15, 0.2) is 24.3 Å². The van der Waals surface area contributed by atoms with E-state index in [1.165, 1.54) is 37.9 Å². The van der Waals surface area contributed by atoms with E-state index in [9.17, 15) is 0 Å². The molecule has 0 saturated carbocycles. The fourth-order valence-corrected chi connectivity index (χ4v) is 2.23. The lowest BCUT2D eigenvalue weighted by Gasteiger charge is -2.26. The standard InChI is InChI=1S/C13H20N2O/c16-14-10-12-4-6-13(7-5-12)11-15-8-2-1-3-9-15/h4-7,14,16H,1-3,8-11H2. The Hall–Kier alpha value is -0.900. The van der Waals surface area contributed by atoms with Gasteiger partial charge in [0.2, 0.25) is 0 Å². The summed E-state index contributed by atoms with van der Waals surface area (Å²) >= 11 is 0. The second-order valence-corrected chi connectivity index (χ2v) is 4.49. The summed E-state index contributed by atoms with van der Waals surface area (Å²) < 4.78 is 0. The third kappa shape index (κ3) is 3.30. The van der Waals surface area contributed by atoms with Gasteiger partial charge in [-0.1, -0.05) is 30.7 Å². The molecule has 0 amide bonds. The van der Waals surface area contributed by atoms with Gasteiger partial charge in [0.05, 0.1) is 0 Å². The number of rotatable bonds is 4. The van der Waals surface area contributed by atoms with E-state index in [2.05, 4.69) is 34.6 Å². The number of nitrogens with zero attached hydrogens (tertiary/aromatic N) is 1. The molecule has 1 aromatic rings. The number of likely N-dealkylation sites (tertiary alicyclic amines) is 1. The summed E-state index contributed by atoms with van der Waals surface area (Å²) in [7, 11) is 0. The molecule has 1 aliphatic heterocycles. The summed E-state index contributed by atoms with van der Waals surface area (Å²) in [5, 5.41) is 8.59. The second-order valence-electron chi connectivity index (χ2n) is 4.49. The first kappa shape index (κ1) is 11.6. The van der Waals surface area contributed by atoms with Gasteiger partial charge >= 0.3 is 0 Å².